The molecule has 0 saturated carbocycles. The van der Waals surface area contributed by atoms with Crippen molar-refractivity contribution in [1.82, 2.24) is 5.32 Å². The predicted octanol–water partition coefficient (Wildman–Crippen LogP) is 5.99. The largest absolute Gasteiger partial charge is 0.506 e. The Morgan fingerprint density at radius 2 is 1.70 bits per heavy atom. The molecular formula is C25H22ClNO3. The molecule has 0 atom stereocenters. The van der Waals surface area contributed by atoms with Gasteiger partial charge in [0.2, 0.25) is 0 Å². The summed E-state index contributed by atoms with van der Waals surface area (Å²) in [6.07, 6.45) is 4.02. The average Bonchev–Trinajstić information content (AvgIpc) is 3.08. The molecular weight excluding hydrogens is 398 g/mol. The number of alkyl carbamates (subject to hydrolysis) is 1. The van der Waals surface area contributed by atoms with Crippen molar-refractivity contribution in [3.8, 4) is 16.9 Å². The van der Waals surface area contributed by atoms with Gasteiger partial charge in [-0.25, -0.2) is 4.79 Å². The van der Waals surface area contributed by atoms with Crippen molar-refractivity contribution in [3.05, 3.63) is 94.5 Å². The van der Waals surface area contributed by atoms with Gasteiger partial charge in [0.1, 0.15) is 12.4 Å². The van der Waals surface area contributed by atoms with Crippen molar-refractivity contribution in [1.29, 1.82) is 0 Å². The topological polar surface area (TPSA) is 58.6 Å². The summed E-state index contributed by atoms with van der Waals surface area (Å²) >= 11 is 5.80. The number of nitrogens with one attached hydrogen (secondary N) is 1. The van der Waals surface area contributed by atoms with E-state index >= 15 is 0 Å². The molecule has 1 amide bonds. The first-order chi connectivity index (χ1) is 14.6. The van der Waals surface area contributed by atoms with E-state index in [-0.39, 0.29) is 11.7 Å². The molecule has 0 spiro atoms. The van der Waals surface area contributed by atoms with Gasteiger partial charge in [0, 0.05) is 12.5 Å². The molecule has 0 heterocycles. The highest BCUT2D eigenvalue weighted by Crippen LogP contribution is 2.44. The number of fused-ring (bicyclic) bond motifs is 3. The minimum Gasteiger partial charge on any atom is -0.506 e. The molecule has 4 nitrogen and oxygen atoms in total. The van der Waals surface area contributed by atoms with Crippen LogP contribution in [0.2, 0.25) is 5.02 Å². The molecule has 0 radical (unpaired) electrons. The third kappa shape index (κ3) is 4.34. The maximum absolute atomic E-state index is 12.1. The molecule has 1 aliphatic carbocycles. The zero-order valence-corrected chi connectivity index (χ0v) is 17.1. The van der Waals surface area contributed by atoms with E-state index in [1.165, 1.54) is 22.3 Å². The van der Waals surface area contributed by atoms with Crippen LogP contribution in [0, 0.1) is 0 Å². The number of phenols is 1. The average molecular weight is 420 g/mol. The number of hydrogen-bond acceptors (Lipinski definition) is 3. The van der Waals surface area contributed by atoms with Gasteiger partial charge in [-0.1, -0.05) is 78.4 Å². The number of carbonyl (C=O) groups excluding carboxylic acids is 1. The summed E-state index contributed by atoms with van der Waals surface area (Å²) in [6, 6.07) is 21.6. The molecule has 0 bridgehead atoms. The van der Waals surface area contributed by atoms with Crippen LogP contribution in [0.1, 0.15) is 29.0 Å². The van der Waals surface area contributed by atoms with Crippen LogP contribution < -0.4 is 5.32 Å². The lowest BCUT2D eigenvalue weighted by Gasteiger charge is -2.14. The van der Waals surface area contributed by atoms with Crippen LogP contribution in [0.25, 0.3) is 17.2 Å². The fourth-order valence-corrected chi connectivity index (χ4v) is 3.88. The molecule has 3 aromatic carbocycles. The second-order valence-corrected chi connectivity index (χ2v) is 7.56. The summed E-state index contributed by atoms with van der Waals surface area (Å²) in [5, 5.41) is 12.7. The minimum absolute atomic E-state index is 0.0515. The molecule has 0 saturated heterocycles. The lowest BCUT2D eigenvalue weighted by Crippen LogP contribution is -2.26. The molecule has 0 unspecified atom stereocenters. The molecule has 0 aliphatic heterocycles. The van der Waals surface area contributed by atoms with Gasteiger partial charge in [0.05, 0.1) is 5.02 Å². The van der Waals surface area contributed by atoms with E-state index in [1.54, 1.807) is 12.1 Å². The van der Waals surface area contributed by atoms with Gasteiger partial charge in [-0.05, 0) is 46.4 Å². The Morgan fingerprint density at radius 1 is 1.03 bits per heavy atom. The number of rotatable bonds is 6. The van der Waals surface area contributed by atoms with Crippen LogP contribution in [-0.4, -0.2) is 24.4 Å². The van der Waals surface area contributed by atoms with Gasteiger partial charge < -0.3 is 15.2 Å². The number of halogens is 1. The Labute approximate surface area is 180 Å². The Hall–Kier alpha value is -3.24. The zero-order chi connectivity index (χ0) is 20.9. The number of phenolic OH excluding ortho intramolecular Hbond substituents is 1. The van der Waals surface area contributed by atoms with Crippen LogP contribution in [0.15, 0.2) is 72.8 Å². The summed E-state index contributed by atoms with van der Waals surface area (Å²) in [5.74, 6) is 0.108. The molecule has 0 fully saturated rings. The lowest BCUT2D eigenvalue weighted by molar-refractivity contribution is 0.143. The van der Waals surface area contributed by atoms with Gasteiger partial charge in [-0.3, -0.25) is 0 Å². The number of benzene rings is 3. The van der Waals surface area contributed by atoms with E-state index in [1.807, 2.05) is 42.5 Å². The van der Waals surface area contributed by atoms with Crippen LogP contribution in [-0.2, 0) is 4.74 Å². The quantitative estimate of drug-likeness (QED) is 0.482. The predicted molar refractivity (Wildman–Crippen MR) is 120 cm³/mol. The second-order valence-electron chi connectivity index (χ2n) is 7.15. The minimum atomic E-state index is -0.422. The number of aromatic hydroxyl groups is 1. The van der Waals surface area contributed by atoms with Crippen LogP contribution in [0.4, 0.5) is 4.79 Å². The third-order valence-electron chi connectivity index (χ3n) is 5.20. The highest BCUT2D eigenvalue weighted by atomic mass is 35.5. The van der Waals surface area contributed by atoms with E-state index in [9.17, 15) is 9.90 Å². The summed E-state index contributed by atoms with van der Waals surface area (Å²) in [7, 11) is 0. The number of ether oxygens (including phenoxy) is 1. The van der Waals surface area contributed by atoms with Gasteiger partial charge in [-0.15, -0.1) is 0 Å². The molecule has 3 aromatic rings. The van der Waals surface area contributed by atoms with Gasteiger partial charge in [0.15, 0.2) is 0 Å². The third-order valence-corrected chi connectivity index (χ3v) is 5.52. The van der Waals surface area contributed by atoms with Crippen LogP contribution in [0.3, 0.4) is 0 Å². The first kappa shape index (κ1) is 20.0. The highest BCUT2D eigenvalue weighted by molar-refractivity contribution is 6.32. The Kier molecular flexibility index (Phi) is 6.05. The standard InChI is InChI=1S/C25H22ClNO3/c26-23-13-12-17(15-24(23)28)7-5-6-14-27-25(29)30-16-22-20-10-3-1-8-18(20)19-9-2-4-11-21(19)22/h1-5,7-13,15,22,28H,6,14,16H2,(H,27,29). The van der Waals surface area contributed by atoms with E-state index in [2.05, 4.69) is 29.6 Å². The van der Waals surface area contributed by atoms with Crippen molar-refractivity contribution in [2.24, 2.45) is 0 Å². The first-order valence-electron chi connectivity index (χ1n) is 9.87. The number of carbonyl (C=O) groups is 1. The molecule has 30 heavy (non-hydrogen) atoms. The summed E-state index contributed by atoms with van der Waals surface area (Å²) in [6.45, 7) is 0.770. The molecule has 2 N–H and O–H groups in total. The summed E-state index contributed by atoms with van der Waals surface area (Å²) in [5.41, 5.74) is 5.65. The van der Waals surface area contributed by atoms with Gasteiger partial charge in [0.25, 0.3) is 0 Å². The summed E-state index contributed by atoms with van der Waals surface area (Å²) < 4.78 is 5.51. The van der Waals surface area contributed by atoms with Crippen LogP contribution in [0.5, 0.6) is 5.75 Å². The van der Waals surface area contributed by atoms with E-state index in [0.29, 0.717) is 24.6 Å². The van der Waals surface area contributed by atoms with Crippen molar-refractivity contribution in [3.63, 3.8) is 0 Å². The Morgan fingerprint density at radius 3 is 2.37 bits per heavy atom. The molecule has 1 aliphatic rings. The fourth-order valence-electron chi connectivity index (χ4n) is 3.76. The highest BCUT2D eigenvalue weighted by Gasteiger charge is 2.28. The fraction of sp³-hybridized carbons (Fsp3) is 0.160. The SMILES string of the molecule is O=C(NCCC=Cc1ccc(Cl)c(O)c1)OCC1c2ccccc2-c2ccccc21. The first-order valence-corrected chi connectivity index (χ1v) is 10.2. The summed E-state index contributed by atoms with van der Waals surface area (Å²) in [4.78, 5) is 12.1. The van der Waals surface area contributed by atoms with Crippen molar-refractivity contribution >= 4 is 23.8 Å². The number of hydrogen-bond donors (Lipinski definition) is 2. The maximum Gasteiger partial charge on any atom is 0.407 e. The van der Waals surface area contributed by atoms with Crippen molar-refractivity contribution in [2.45, 2.75) is 12.3 Å². The van der Waals surface area contributed by atoms with E-state index < -0.39 is 6.09 Å². The maximum atomic E-state index is 12.1. The van der Waals surface area contributed by atoms with Gasteiger partial charge >= 0.3 is 6.09 Å². The zero-order valence-electron chi connectivity index (χ0n) is 16.3. The molecule has 152 valence electrons. The van der Waals surface area contributed by atoms with E-state index in [4.69, 9.17) is 16.3 Å². The number of amides is 1. The van der Waals surface area contributed by atoms with Crippen molar-refractivity contribution < 1.29 is 14.6 Å². The lowest BCUT2D eigenvalue weighted by atomic mass is 9.98. The van der Waals surface area contributed by atoms with Crippen molar-refractivity contribution in [2.75, 3.05) is 13.2 Å². The Balaban J connectivity index is 1.27. The Bertz CT molecular complexity index is 1050. The normalized spacial score (nSPS) is 12.6. The van der Waals surface area contributed by atoms with E-state index in [0.717, 1.165) is 5.56 Å². The molecule has 0 aromatic heterocycles. The molecule has 5 heteroatoms. The smallest absolute Gasteiger partial charge is 0.407 e. The van der Waals surface area contributed by atoms with Gasteiger partial charge in [-0.2, -0.15) is 0 Å². The monoisotopic (exact) mass is 419 g/mol. The van der Waals surface area contributed by atoms with Crippen LogP contribution >= 0.6 is 11.6 Å². The second kappa shape index (κ2) is 9.06. The molecule has 4 rings (SSSR count).